The molecule has 0 saturated heterocycles. The number of hydrogen-bond donors (Lipinski definition) is 2. The second kappa shape index (κ2) is 9.82. The van der Waals surface area contributed by atoms with E-state index in [1.54, 1.807) is 24.3 Å². The van der Waals surface area contributed by atoms with Crippen molar-refractivity contribution in [2.24, 2.45) is 0 Å². The predicted octanol–water partition coefficient (Wildman–Crippen LogP) is 4.45. The molecule has 9 heteroatoms. The van der Waals surface area contributed by atoms with E-state index in [2.05, 4.69) is 10.0 Å². The van der Waals surface area contributed by atoms with Crippen molar-refractivity contribution in [3.63, 3.8) is 0 Å². The lowest BCUT2D eigenvalue weighted by Gasteiger charge is -2.17. The lowest BCUT2D eigenvalue weighted by Crippen LogP contribution is -2.41. The van der Waals surface area contributed by atoms with Gasteiger partial charge in [-0.25, -0.2) is 8.42 Å². The molecule has 1 atom stereocenters. The minimum Gasteiger partial charge on any atom is -0.497 e. The third-order valence-corrected chi connectivity index (χ3v) is 6.06. The number of carbonyl (C=O) groups excluding carboxylic acids is 1. The molecule has 3 aromatic rings. The van der Waals surface area contributed by atoms with Gasteiger partial charge in [-0.3, -0.25) is 4.79 Å². The lowest BCUT2D eigenvalue weighted by molar-refractivity contribution is -0.117. The number of methoxy groups -OCH3 is 1. The van der Waals surface area contributed by atoms with Crippen molar-refractivity contribution in [2.45, 2.75) is 17.9 Å². The minimum absolute atomic E-state index is 0.0174. The zero-order valence-electron chi connectivity index (χ0n) is 16.8. The highest BCUT2D eigenvalue weighted by molar-refractivity contribution is 7.89. The molecule has 1 amide bonds. The monoisotopic (exact) mass is 460 g/mol. The van der Waals surface area contributed by atoms with Gasteiger partial charge in [0.1, 0.15) is 11.5 Å². The van der Waals surface area contributed by atoms with Crippen molar-refractivity contribution in [2.75, 3.05) is 12.4 Å². The van der Waals surface area contributed by atoms with Crippen LogP contribution in [0.2, 0.25) is 5.02 Å². The second-order valence-corrected chi connectivity index (χ2v) is 8.71. The number of halogens is 1. The minimum atomic E-state index is -3.91. The molecule has 0 heterocycles. The fourth-order valence-corrected chi connectivity index (χ4v) is 4.03. The Morgan fingerprint density at radius 1 is 0.968 bits per heavy atom. The summed E-state index contributed by atoms with van der Waals surface area (Å²) in [4.78, 5) is 12.7. The van der Waals surface area contributed by atoms with E-state index in [0.717, 1.165) is 0 Å². The molecule has 0 aliphatic heterocycles. The zero-order valence-corrected chi connectivity index (χ0v) is 18.4. The topological polar surface area (TPSA) is 93.7 Å². The number of benzene rings is 3. The number of carbonyl (C=O) groups is 1. The molecule has 0 aliphatic rings. The van der Waals surface area contributed by atoms with E-state index in [1.807, 2.05) is 18.2 Å². The van der Waals surface area contributed by atoms with E-state index < -0.39 is 22.0 Å². The van der Waals surface area contributed by atoms with Crippen molar-refractivity contribution >= 4 is 33.2 Å². The van der Waals surface area contributed by atoms with Crippen LogP contribution in [0.3, 0.4) is 0 Å². The van der Waals surface area contributed by atoms with E-state index in [9.17, 15) is 13.2 Å². The molecule has 0 radical (unpaired) electrons. The molecule has 0 aliphatic carbocycles. The number of hydrogen-bond acceptors (Lipinski definition) is 5. The van der Waals surface area contributed by atoms with Crippen LogP contribution in [0.5, 0.6) is 17.2 Å². The maximum Gasteiger partial charge on any atom is 0.242 e. The summed E-state index contributed by atoms with van der Waals surface area (Å²) in [5.74, 6) is 0.900. The Hall–Kier alpha value is -3.07. The molecule has 0 bridgehead atoms. The summed E-state index contributed by atoms with van der Waals surface area (Å²) in [7, 11) is -2.43. The molecule has 31 heavy (non-hydrogen) atoms. The van der Waals surface area contributed by atoms with E-state index in [4.69, 9.17) is 21.1 Å². The molecule has 3 rings (SSSR count). The molecule has 1 unspecified atom stereocenters. The van der Waals surface area contributed by atoms with Gasteiger partial charge in [-0.1, -0.05) is 29.8 Å². The summed E-state index contributed by atoms with van der Waals surface area (Å²) < 4.78 is 38.4. The maximum atomic E-state index is 12.7. The van der Waals surface area contributed by atoms with Crippen molar-refractivity contribution in [1.82, 2.24) is 4.72 Å². The summed E-state index contributed by atoms with van der Waals surface area (Å²) in [5, 5.41) is 3.06. The SMILES string of the molecule is COc1ccc(S(=O)(=O)NC(C)C(=O)Nc2cc(Cl)ccc2Oc2ccccc2)cc1. The maximum absolute atomic E-state index is 12.7. The van der Waals surface area contributed by atoms with Crippen LogP contribution in [0.15, 0.2) is 77.7 Å². The molecular formula is C22H21ClN2O5S. The molecular weight excluding hydrogens is 440 g/mol. The summed E-state index contributed by atoms with van der Waals surface area (Å²) >= 11 is 6.07. The Morgan fingerprint density at radius 2 is 1.65 bits per heavy atom. The Morgan fingerprint density at radius 3 is 2.29 bits per heavy atom. The molecule has 7 nitrogen and oxygen atoms in total. The fraction of sp³-hybridized carbons (Fsp3) is 0.136. The first-order valence-electron chi connectivity index (χ1n) is 9.28. The summed E-state index contributed by atoms with van der Waals surface area (Å²) in [6, 6.07) is 18.6. The van der Waals surface area contributed by atoms with Gasteiger partial charge in [-0.2, -0.15) is 4.72 Å². The quantitative estimate of drug-likeness (QED) is 0.518. The Kier molecular flexibility index (Phi) is 7.17. The van der Waals surface area contributed by atoms with Crippen molar-refractivity contribution in [1.29, 1.82) is 0 Å². The number of ether oxygens (including phenoxy) is 2. The van der Waals surface area contributed by atoms with E-state index in [0.29, 0.717) is 28.0 Å². The summed E-state index contributed by atoms with van der Waals surface area (Å²) in [6.07, 6.45) is 0. The van der Waals surface area contributed by atoms with Gasteiger partial charge in [0.05, 0.1) is 23.7 Å². The second-order valence-electron chi connectivity index (χ2n) is 6.56. The van der Waals surface area contributed by atoms with Crippen LogP contribution in [0.25, 0.3) is 0 Å². The molecule has 0 fully saturated rings. The fourth-order valence-electron chi connectivity index (χ4n) is 2.65. The van der Waals surface area contributed by atoms with Gasteiger partial charge in [0.2, 0.25) is 15.9 Å². The van der Waals surface area contributed by atoms with Gasteiger partial charge in [-0.15, -0.1) is 0 Å². The number of amides is 1. The highest BCUT2D eigenvalue weighted by Gasteiger charge is 2.23. The number of nitrogens with one attached hydrogen (secondary N) is 2. The van der Waals surface area contributed by atoms with Crippen LogP contribution in [0, 0.1) is 0 Å². The van der Waals surface area contributed by atoms with Gasteiger partial charge in [0.15, 0.2) is 5.75 Å². The average Bonchev–Trinajstić information content (AvgIpc) is 2.76. The van der Waals surface area contributed by atoms with E-state index in [1.165, 1.54) is 44.4 Å². The van der Waals surface area contributed by atoms with Crippen LogP contribution in [0.4, 0.5) is 5.69 Å². The predicted molar refractivity (Wildman–Crippen MR) is 119 cm³/mol. The van der Waals surface area contributed by atoms with E-state index in [-0.39, 0.29) is 4.90 Å². The van der Waals surface area contributed by atoms with Crippen LogP contribution in [-0.2, 0) is 14.8 Å². The Bertz CT molecular complexity index is 1150. The first-order chi connectivity index (χ1) is 14.8. The highest BCUT2D eigenvalue weighted by atomic mass is 35.5. The van der Waals surface area contributed by atoms with Crippen molar-refractivity contribution in [3.8, 4) is 17.2 Å². The summed E-state index contributed by atoms with van der Waals surface area (Å²) in [5.41, 5.74) is 0.317. The molecule has 0 aromatic heterocycles. The number of anilines is 1. The molecule has 3 aromatic carbocycles. The van der Waals surface area contributed by atoms with Crippen LogP contribution in [0.1, 0.15) is 6.92 Å². The molecule has 162 valence electrons. The first-order valence-corrected chi connectivity index (χ1v) is 11.1. The van der Waals surface area contributed by atoms with Gasteiger partial charge >= 0.3 is 0 Å². The molecule has 0 spiro atoms. The first kappa shape index (κ1) is 22.6. The van der Waals surface area contributed by atoms with Crippen molar-refractivity contribution in [3.05, 3.63) is 77.8 Å². The van der Waals surface area contributed by atoms with Gasteiger partial charge < -0.3 is 14.8 Å². The van der Waals surface area contributed by atoms with Gasteiger partial charge in [0.25, 0.3) is 0 Å². The smallest absolute Gasteiger partial charge is 0.242 e. The number of rotatable bonds is 8. The van der Waals surface area contributed by atoms with E-state index >= 15 is 0 Å². The number of sulfonamides is 1. The zero-order chi connectivity index (χ0) is 22.4. The average molecular weight is 461 g/mol. The summed E-state index contributed by atoms with van der Waals surface area (Å²) in [6.45, 7) is 1.44. The molecule has 2 N–H and O–H groups in total. The van der Waals surface area contributed by atoms with Crippen LogP contribution >= 0.6 is 11.6 Å². The highest BCUT2D eigenvalue weighted by Crippen LogP contribution is 2.32. The Labute approximate surface area is 186 Å². The van der Waals surface area contributed by atoms with Crippen molar-refractivity contribution < 1.29 is 22.7 Å². The normalized spacial score (nSPS) is 12.1. The molecule has 0 saturated carbocycles. The standard InChI is InChI=1S/C22H21ClN2O5S/c1-15(25-31(27,28)19-11-9-17(29-2)10-12-19)22(26)24-20-14-16(23)8-13-21(20)30-18-6-4-3-5-7-18/h3-15,25H,1-2H3,(H,24,26). The van der Waals surface area contributed by atoms with Crippen LogP contribution in [-0.4, -0.2) is 27.5 Å². The number of para-hydroxylation sites is 1. The van der Waals surface area contributed by atoms with Crippen LogP contribution < -0.4 is 19.5 Å². The van der Waals surface area contributed by atoms with Gasteiger partial charge in [-0.05, 0) is 61.5 Å². The Balaban J connectivity index is 1.73. The third kappa shape index (κ3) is 5.97. The third-order valence-electron chi connectivity index (χ3n) is 4.27. The van der Waals surface area contributed by atoms with Gasteiger partial charge in [0, 0.05) is 5.02 Å². The lowest BCUT2D eigenvalue weighted by atomic mass is 10.2. The largest absolute Gasteiger partial charge is 0.497 e.